The third-order valence-electron chi connectivity index (χ3n) is 6.88. The van der Waals surface area contributed by atoms with Crippen molar-refractivity contribution in [2.75, 3.05) is 0 Å². The molecule has 0 amide bonds. The molecular formula is C22H33F3OSi. The van der Waals surface area contributed by atoms with Gasteiger partial charge in [0.15, 0.2) is 0 Å². The van der Waals surface area contributed by atoms with Gasteiger partial charge in [-0.15, -0.1) is 13.2 Å². The second-order valence-electron chi connectivity index (χ2n) is 8.65. The molecule has 1 heterocycles. The summed E-state index contributed by atoms with van der Waals surface area (Å²) in [6.07, 6.45) is 6.06. The number of unbranched alkanes of at least 4 members (excludes halogenated alkanes) is 1. The third-order valence-corrected chi connectivity index (χ3v) is 10.4. The summed E-state index contributed by atoms with van der Waals surface area (Å²) in [7, 11) is -0.410. The van der Waals surface area contributed by atoms with Crippen molar-refractivity contribution in [2.24, 2.45) is 11.8 Å². The van der Waals surface area contributed by atoms with Crippen molar-refractivity contribution < 1.29 is 17.9 Å². The molecule has 0 radical (unpaired) electrons. The quantitative estimate of drug-likeness (QED) is 0.457. The molecule has 0 N–H and O–H groups in total. The highest BCUT2D eigenvalue weighted by atomic mass is 28.3. The van der Waals surface area contributed by atoms with Crippen LogP contribution in [0, 0.1) is 11.8 Å². The largest absolute Gasteiger partial charge is 0.573 e. The molecule has 1 aromatic carbocycles. The molecule has 1 saturated heterocycles. The summed E-state index contributed by atoms with van der Waals surface area (Å²) in [5.74, 6) is 2.20. The maximum Gasteiger partial charge on any atom is 0.573 e. The van der Waals surface area contributed by atoms with E-state index in [0.717, 1.165) is 11.8 Å². The van der Waals surface area contributed by atoms with Crippen molar-refractivity contribution in [1.82, 2.24) is 0 Å². The zero-order chi connectivity index (χ0) is 19.3. The summed E-state index contributed by atoms with van der Waals surface area (Å²) in [6.45, 7) is 2.30. The fourth-order valence-corrected chi connectivity index (χ4v) is 8.96. The van der Waals surface area contributed by atoms with Crippen molar-refractivity contribution in [3.8, 4) is 5.75 Å². The summed E-state index contributed by atoms with van der Waals surface area (Å²) >= 11 is 0. The van der Waals surface area contributed by atoms with Gasteiger partial charge in [0.25, 0.3) is 0 Å². The normalized spacial score (nSPS) is 29.5. The molecule has 1 aliphatic heterocycles. The molecule has 0 unspecified atom stereocenters. The predicted molar refractivity (Wildman–Crippen MR) is 107 cm³/mol. The summed E-state index contributed by atoms with van der Waals surface area (Å²) in [4.78, 5) is 0. The van der Waals surface area contributed by atoms with E-state index in [-0.39, 0.29) is 5.75 Å². The Morgan fingerprint density at radius 1 is 0.926 bits per heavy atom. The lowest BCUT2D eigenvalue weighted by Gasteiger charge is -2.37. The standard InChI is InChI=1S/C22H33F3OSi/c1-2-3-14-27-15-12-20(13-16-27)18-6-4-17(5-7-18)19-8-10-21(11-9-19)26-22(23,24)25/h8-11,17-18,20,27H,2-7,12-16H2,1H3/t17-,18-,20-,27-. The van der Waals surface area contributed by atoms with Crippen molar-refractivity contribution in [3.63, 3.8) is 0 Å². The molecule has 5 heteroatoms. The van der Waals surface area contributed by atoms with Crippen molar-refractivity contribution in [1.29, 1.82) is 0 Å². The van der Waals surface area contributed by atoms with E-state index in [4.69, 9.17) is 0 Å². The van der Waals surface area contributed by atoms with Crippen LogP contribution in [-0.4, -0.2) is 15.2 Å². The van der Waals surface area contributed by atoms with Gasteiger partial charge in [0.05, 0.1) is 0 Å². The van der Waals surface area contributed by atoms with Gasteiger partial charge < -0.3 is 4.74 Å². The Balaban J connectivity index is 1.44. The van der Waals surface area contributed by atoms with Crippen LogP contribution in [0.2, 0.25) is 18.1 Å². The van der Waals surface area contributed by atoms with Crippen molar-refractivity contribution >= 4 is 8.80 Å². The van der Waals surface area contributed by atoms with Gasteiger partial charge in [-0.3, -0.25) is 0 Å². The zero-order valence-electron chi connectivity index (χ0n) is 16.4. The van der Waals surface area contributed by atoms with Gasteiger partial charge in [-0.2, -0.15) is 0 Å². The van der Waals surface area contributed by atoms with E-state index in [1.54, 1.807) is 18.1 Å². The van der Waals surface area contributed by atoms with Gasteiger partial charge in [0.2, 0.25) is 0 Å². The smallest absolute Gasteiger partial charge is 0.406 e. The average Bonchev–Trinajstić information content (AvgIpc) is 2.66. The molecule has 1 aromatic rings. The van der Waals surface area contributed by atoms with E-state index in [1.165, 1.54) is 69.1 Å². The van der Waals surface area contributed by atoms with Crippen LogP contribution in [-0.2, 0) is 0 Å². The van der Waals surface area contributed by atoms with E-state index in [9.17, 15) is 13.2 Å². The maximum absolute atomic E-state index is 12.3. The van der Waals surface area contributed by atoms with E-state index >= 15 is 0 Å². The van der Waals surface area contributed by atoms with Crippen LogP contribution in [0.25, 0.3) is 0 Å². The molecule has 0 atom stereocenters. The Labute approximate surface area is 163 Å². The number of rotatable bonds is 6. The van der Waals surface area contributed by atoms with Crippen LogP contribution in [0.5, 0.6) is 5.75 Å². The topological polar surface area (TPSA) is 9.23 Å². The summed E-state index contributed by atoms with van der Waals surface area (Å²) in [5.41, 5.74) is 1.17. The van der Waals surface area contributed by atoms with Gasteiger partial charge in [-0.1, -0.05) is 62.9 Å². The van der Waals surface area contributed by atoms with Crippen LogP contribution >= 0.6 is 0 Å². The minimum Gasteiger partial charge on any atom is -0.406 e. The molecule has 0 spiro atoms. The highest BCUT2D eigenvalue weighted by Gasteiger charge is 2.32. The minimum atomic E-state index is -4.61. The van der Waals surface area contributed by atoms with E-state index in [1.807, 2.05) is 12.1 Å². The molecule has 1 saturated carbocycles. The summed E-state index contributed by atoms with van der Waals surface area (Å²) < 4.78 is 40.8. The first-order valence-corrected chi connectivity index (χ1v) is 13.2. The van der Waals surface area contributed by atoms with Crippen molar-refractivity contribution in [2.45, 2.75) is 88.7 Å². The van der Waals surface area contributed by atoms with Crippen LogP contribution in [0.1, 0.15) is 69.8 Å². The molecule has 152 valence electrons. The first kappa shape index (κ1) is 20.8. The summed E-state index contributed by atoms with van der Waals surface area (Å²) in [5, 5.41) is 0. The fraction of sp³-hybridized carbons (Fsp3) is 0.727. The molecule has 1 nitrogen and oxygen atoms in total. The number of alkyl halides is 3. The lowest BCUT2D eigenvalue weighted by atomic mass is 9.72. The molecule has 2 aliphatic rings. The maximum atomic E-state index is 12.3. The van der Waals surface area contributed by atoms with Gasteiger partial charge in [0, 0.05) is 8.80 Å². The van der Waals surface area contributed by atoms with Gasteiger partial charge >= 0.3 is 6.36 Å². The lowest BCUT2D eigenvalue weighted by Crippen LogP contribution is -2.28. The molecule has 2 fully saturated rings. The van der Waals surface area contributed by atoms with E-state index in [2.05, 4.69) is 11.7 Å². The fourth-order valence-electron chi connectivity index (χ4n) is 5.31. The Hall–Kier alpha value is -0.973. The van der Waals surface area contributed by atoms with Crippen LogP contribution in [0.4, 0.5) is 13.2 Å². The van der Waals surface area contributed by atoms with Crippen LogP contribution < -0.4 is 4.74 Å². The average molecular weight is 399 g/mol. The SMILES string of the molecule is CCCC[Si@H]1CC[C@H]([C@H]2CC[C@H](c3ccc(OC(F)(F)F)cc3)CC2)CC1. The monoisotopic (exact) mass is 398 g/mol. The Morgan fingerprint density at radius 2 is 1.52 bits per heavy atom. The van der Waals surface area contributed by atoms with Gasteiger partial charge in [-0.05, 0) is 61.1 Å². The van der Waals surface area contributed by atoms with Crippen LogP contribution in [0.15, 0.2) is 24.3 Å². The molecule has 1 aliphatic carbocycles. The third kappa shape index (κ3) is 6.26. The Kier molecular flexibility index (Phi) is 7.29. The highest BCUT2D eigenvalue weighted by Crippen LogP contribution is 2.43. The number of hydrogen-bond donors (Lipinski definition) is 0. The van der Waals surface area contributed by atoms with Crippen molar-refractivity contribution in [3.05, 3.63) is 29.8 Å². The summed E-state index contributed by atoms with van der Waals surface area (Å²) in [6, 6.07) is 11.2. The predicted octanol–water partition coefficient (Wildman–Crippen LogP) is 7.30. The van der Waals surface area contributed by atoms with E-state index < -0.39 is 15.2 Å². The number of hydrogen-bond acceptors (Lipinski definition) is 1. The Bertz CT molecular complexity index is 556. The first-order chi connectivity index (χ1) is 12.9. The highest BCUT2D eigenvalue weighted by molar-refractivity contribution is 6.58. The molecular weight excluding hydrogens is 365 g/mol. The van der Waals surface area contributed by atoms with Crippen LogP contribution in [0.3, 0.4) is 0 Å². The second-order valence-corrected chi connectivity index (χ2v) is 12.1. The van der Waals surface area contributed by atoms with Gasteiger partial charge in [-0.25, -0.2) is 0 Å². The number of halogens is 3. The minimum absolute atomic E-state index is 0.121. The van der Waals surface area contributed by atoms with Gasteiger partial charge in [0.1, 0.15) is 5.75 Å². The molecule has 27 heavy (non-hydrogen) atoms. The zero-order valence-corrected chi connectivity index (χ0v) is 17.6. The molecule has 0 bridgehead atoms. The van der Waals surface area contributed by atoms with E-state index in [0.29, 0.717) is 5.92 Å². The second kappa shape index (κ2) is 9.49. The molecule has 3 rings (SSSR count). The lowest BCUT2D eigenvalue weighted by molar-refractivity contribution is -0.274. The molecule has 0 aromatic heterocycles. The first-order valence-electron chi connectivity index (χ1n) is 10.8. The number of ether oxygens (including phenoxy) is 1. The Morgan fingerprint density at radius 3 is 2.07 bits per heavy atom. The number of benzene rings is 1.